The molecule has 43 heavy (non-hydrogen) atoms. The molecule has 2 aromatic carbocycles. The number of para-hydroxylation sites is 2. The molecule has 0 aliphatic carbocycles. The summed E-state index contributed by atoms with van der Waals surface area (Å²) in [6.45, 7) is 9.00. The summed E-state index contributed by atoms with van der Waals surface area (Å²) in [5.41, 5.74) is 1.98. The van der Waals surface area contributed by atoms with Crippen molar-refractivity contribution in [2.24, 2.45) is 11.8 Å². The highest BCUT2D eigenvalue weighted by atomic mass is 16.5. The summed E-state index contributed by atoms with van der Waals surface area (Å²) in [6.07, 6.45) is 2.97. The molecule has 1 aromatic heterocycles. The molecule has 3 rings (SSSR count). The number of esters is 1. The second-order valence-electron chi connectivity index (χ2n) is 10.4. The third-order valence-electron chi connectivity index (χ3n) is 6.89. The SMILES string of the molecule is C=CC[C@H](CC(=O)N[C@@H](C)CO)C(=O)N[C@@H](COC)[C@@H](OC(=O)[C@H](CC=C)Cc1nc2ccccc2o1)c1ccccc1. The van der Waals surface area contributed by atoms with Crippen LogP contribution in [0.15, 0.2) is 84.3 Å². The van der Waals surface area contributed by atoms with Crippen molar-refractivity contribution in [1.29, 1.82) is 0 Å². The molecule has 3 N–H and O–H groups in total. The van der Waals surface area contributed by atoms with E-state index in [1.54, 1.807) is 31.2 Å². The summed E-state index contributed by atoms with van der Waals surface area (Å²) in [6, 6.07) is 15.2. The molecule has 0 aliphatic heterocycles. The number of nitrogens with one attached hydrogen (secondary N) is 2. The van der Waals surface area contributed by atoms with Crippen LogP contribution in [0.4, 0.5) is 0 Å². The summed E-state index contributed by atoms with van der Waals surface area (Å²) >= 11 is 0. The van der Waals surface area contributed by atoms with Crippen molar-refractivity contribution in [3.63, 3.8) is 0 Å². The number of methoxy groups -OCH3 is 1. The third-order valence-corrected chi connectivity index (χ3v) is 6.89. The molecule has 3 aromatic rings. The monoisotopic (exact) mass is 591 g/mol. The van der Waals surface area contributed by atoms with Gasteiger partial charge in [-0.25, -0.2) is 4.98 Å². The molecule has 230 valence electrons. The predicted octanol–water partition coefficient (Wildman–Crippen LogP) is 4.06. The molecule has 0 unspecified atom stereocenters. The Bertz CT molecular complexity index is 1320. The van der Waals surface area contributed by atoms with E-state index in [1.165, 1.54) is 7.11 Å². The first-order valence-corrected chi connectivity index (χ1v) is 14.3. The molecular weight excluding hydrogens is 550 g/mol. The number of amides is 2. The molecular formula is C33H41N3O7. The van der Waals surface area contributed by atoms with Gasteiger partial charge in [0.05, 0.1) is 31.1 Å². The van der Waals surface area contributed by atoms with Gasteiger partial charge in [-0.2, -0.15) is 0 Å². The number of nitrogens with zero attached hydrogens (tertiary/aromatic N) is 1. The first-order valence-electron chi connectivity index (χ1n) is 14.3. The van der Waals surface area contributed by atoms with Crippen molar-refractivity contribution in [2.75, 3.05) is 20.3 Å². The lowest BCUT2D eigenvalue weighted by atomic mass is 9.96. The van der Waals surface area contributed by atoms with Crippen molar-refractivity contribution in [3.8, 4) is 0 Å². The average Bonchev–Trinajstić information content (AvgIpc) is 3.42. The Balaban J connectivity index is 1.83. The summed E-state index contributed by atoms with van der Waals surface area (Å²) in [4.78, 5) is 44.1. The number of aliphatic hydroxyl groups is 1. The zero-order valence-electron chi connectivity index (χ0n) is 24.7. The summed E-state index contributed by atoms with van der Waals surface area (Å²) in [7, 11) is 1.49. The number of carbonyl (C=O) groups excluding carboxylic acids is 3. The van der Waals surface area contributed by atoms with Crippen molar-refractivity contribution >= 4 is 28.9 Å². The fraction of sp³-hybridized carbons (Fsp3) is 0.394. The molecule has 0 radical (unpaired) electrons. The highest BCUT2D eigenvalue weighted by Gasteiger charge is 2.33. The fourth-order valence-corrected chi connectivity index (χ4v) is 4.70. The van der Waals surface area contributed by atoms with E-state index in [0.717, 1.165) is 0 Å². The summed E-state index contributed by atoms with van der Waals surface area (Å²) < 4.78 is 17.4. The first kappa shape index (κ1) is 33.2. The molecule has 0 saturated heterocycles. The predicted molar refractivity (Wildman–Crippen MR) is 163 cm³/mol. The van der Waals surface area contributed by atoms with Crippen LogP contribution in [0.1, 0.15) is 43.7 Å². The standard InChI is InChI=1S/C33H41N3O7/c1-5-12-24(18-29(38)34-22(3)20-37)32(39)36-27(21-41-4)31(23-14-8-7-9-15-23)43-33(40)25(13-6-2)19-30-35-26-16-10-11-17-28(26)42-30/h5-11,14-17,22,24-25,27,31,37H,1-2,12-13,18-21H2,3-4H3,(H,34,38)(H,36,39)/t22-,24+,25+,27-,31-/m0/s1. The minimum Gasteiger partial charge on any atom is -0.455 e. The van der Waals surface area contributed by atoms with Crippen LogP contribution in [-0.2, 0) is 30.3 Å². The van der Waals surface area contributed by atoms with Crippen molar-refractivity contribution in [2.45, 2.75) is 50.8 Å². The number of ether oxygens (including phenoxy) is 2. The number of oxazole rings is 1. The maximum atomic E-state index is 13.7. The lowest BCUT2D eigenvalue weighted by Crippen LogP contribution is -2.47. The molecule has 0 fully saturated rings. The maximum absolute atomic E-state index is 13.7. The van der Waals surface area contributed by atoms with Crippen LogP contribution in [0.3, 0.4) is 0 Å². The van der Waals surface area contributed by atoms with Gasteiger partial charge in [-0.1, -0.05) is 54.6 Å². The van der Waals surface area contributed by atoms with Gasteiger partial charge in [-0.3, -0.25) is 14.4 Å². The van der Waals surface area contributed by atoms with Gasteiger partial charge >= 0.3 is 5.97 Å². The second-order valence-corrected chi connectivity index (χ2v) is 10.4. The van der Waals surface area contributed by atoms with Crippen LogP contribution >= 0.6 is 0 Å². The molecule has 5 atom stereocenters. The van der Waals surface area contributed by atoms with Gasteiger partial charge in [0.2, 0.25) is 11.8 Å². The Hall–Kier alpha value is -4.28. The number of carbonyl (C=O) groups is 3. The molecule has 1 heterocycles. The van der Waals surface area contributed by atoms with E-state index >= 15 is 0 Å². The third kappa shape index (κ3) is 9.90. The van der Waals surface area contributed by atoms with Crippen LogP contribution in [0, 0.1) is 11.8 Å². The van der Waals surface area contributed by atoms with E-state index in [2.05, 4.69) is 28.8 Å². The Morgan fingerprint density at radius 1 is 1.00 bits per heavy atom. The fourth-order valence-electron chi connectivity index (χ4n) is 4.70. The van der Waals surface area contributed by atoms with E-state index in [1.807, 2.05) is 42.5 Å². The number of rotatable bonds is 18. The van der Waals surface area contributed by atoms with Crippen molar-refractivity contribution < 1.29 is 33.4 Å². The lowest BCUT2D eigenvalue weighted by Gasteiger charge is -2.30. The Labute approximate surface area is 252 Å². The molecule has 0 saturated carbocycles. The van der Waals surface area contributed by atoms with E-state index in [9.17, 15) is 19.5 Å². The van der Waals surface area contributed by atoms with Crippen molar-refractivity contribution in [1.82, 2.24) is 15.6 Å². The molecule has 0 spiro atoms. The number of fused-ring (bicyclic) bond motifs is 1. The van der Waals surface area contributed by atoms with Gasteiger partial charge in [0, 0.05) is 26.0 Å². The first-order chi connectivity index (χ1) is 20.8. The van der Waals surface area contributed by atoms with E-state index < -0.39 is 41.9 Å². The largest absolute Gasteiger partial charge is 0.455 e. The van der Waals surface area contributed by atoms with Crippen molar-refractivity contribution in [3.05, 3.63) is 91.4 Å². The Morgan fingerprint density at radius 2 is 1.67 bits per heavy atom. The van der Waals surface area contributed by atoms with Crippen LogP contribution in [0.2, 0.25) is 0 Å². The number of aromatic nitrogens is 1. The number of aliphatic hydroxyl groups excluding tert-OH is 1. The normalized spacial score (nSPS) is 14.6. The van der Waals surface area contributed by atoms with Crippen LogP contribution in [-0.4, -0.2) is 60.3 Å². The zero-order chi connectivity index (χ0) is 31.2. The van der Waals surface area contributed by atoms with E-state index in [0.29, 0.717) is 29.0 Å². The number of benzene rings is 2. The average molecular weight is 592 g/mol. The van der Waals surface area contributed by atoms with Gasteiger partial charge in [-0.15, -0.1) is 13.2 Å². The highest BCUT2D eigenvalue weighted by molar-refractivity contribution is 5.86. The topological polar surface area (TPSA) is 140 Å². The Morgan fingerprint density at radius 3 is 2.33 bits per heavy atom. The zero-order valence-corrected chi connectivity index (χ0v) is 24.7. The lowest BCUT2D eigenvalue weighted by molar-refractivity contribution is -0.158. The number of hydrogen-bond donors (Lipinski definition) is 3. The number of hydrogen-bond acceptors (Lipinski definition) is 8. The smallest absolute Gasteiger partial charge is 0.310 e. The van der Waals surface area contributed by atoms with Crippen LogP contribution in [0.5, 0.6) is 0 Å². The van der Waals surface area contributed by atoms with E-state index in [4.69, 9.17) is 13.9 Å². The van der Waals surface area contributed by atoms with Gasteiger partial charge in [0.25, 0.3) is 0 Å². The molecule has 10 nitrogen and oxygen atoms in total. The van der Waals surface area contributed by atoms with Crippen LogP contribution in [0.25, 0.3) is 11.1 Å². The van der Waals surface area contributed by atoms with Gasteiger partial charge < -0.3 is 29.6 Å². The molecule has 0 aliphatic rings. The highest BCUT2D eigenvalue weighted by Crippen LogP contribution is 2.27. The van der Waals surface area contributed by atoms with Crippen LogP contribution < -0.4 is 10.6 Å². The summed E-state index contributed by atoms with van der Waals surface area (Å²) in [5, 5.41) is 14.9. The minimum absolute atomic E-state index is 0.0321. The molecule has 0 bridgehead atoms. The van der Waals surface area contributed by atoms with Gasteiger partial charge in [0.1, 0.15) is 11.6 Å². The maximum Gasteiger partial charge on any atom is 0.310 e. The second kappa shape index (κ2) is 17.0. The van der Waals surface area contributed by atoms with Gasteiger partial charge in [-0.05, 0) is 37.5 Å². The van der Waals surface area contributed by atoms with Gasteiger partial charge in [0.15, 0.2) is 11.5 Å². The number of allylic oxidation sites excluding steroid dienone is 2. The quantitative estimate of drug-likeness (QED) is 0.149. The molecule has 10 heteroatoms. The Kier molecular flexibility index (Phi) is 13.1. The molecule has 2 amide bonds. The van der Waals surface area contributed by atoms with E-state index in [-0.39, 0.29) is 38.4 Å². The summed E-state index contributed by atoms with van der Waals surface area (Å²) in [5.74, 6) is -2.26. The minimum atomic E-state index is -0.902.